The van der Waals surface area contributed by atoms with Crippen LogP contribution in [0.15, 0.2) is 58.6 Å². The molecule has 0 aromatic heterocycles. The molecule has 0 bridgehead atoms. The van der Waals surface area contributed by atoms with E-state index in [2.05, 4.69) is 51.0 Å². The molecule has 190 valence electrons. The zero-order valence-electron chi connectivity index (χ0n) is 22.5. The number of aliphatic imine (C=N–C) groups is 1. The van der Waals surface area contributed by atoms with Gasteiger partial charge in [-0.2, -0.15) is 0 Å². The molecule has 1 saturated heterocycles. The van der Waals surface area contributed by atoms with Crippen LogP contribution in [0.25, 0.3) is 0 Å². The number of piperazine rings is 1. The maximum atomic E-state index is 13.0. The van der Waals surface area contributed by atoms with Crippen molar-refractivity contribution in [2.75, 3.05) is 51.8 Å². The van der Waals surface area contributed by atoms with Crippen molar-refractivity contribution in [1.29, 1.82) is 0 Å². The molecule has 0 saturated carbocycles. The van der Waals surface area contributed by atoms with Crippen molar-refractivity contribution >= 4 is 35.3 Å². The van der Waals surface area contributed by atoms with Gasteiger partial charge in [0.1, 0.15) is 7.05 Å². The van der Waals surface area contributed by atoms with E-state index < -0.39 is 0 Å². The van der Waals surface area contributed by atoms with Crippen molar-refractivity contribution in [2.45, 2.75) is 24.4 Å². The Labute approximate surface area is 267 Å². The topological polar surface area (TPSA) is 63.0 Å². The first-order valence-electron chi connectivity index (χ1n) is 12.2. The molecular formula is C28H35KN6OS. The molecule has 0 radical (unpaired) electrons. The summed E-state index contributed by atoms with van der Waals surface area (Å²) in [7, 11) is 4.13. The second-order valence-electron chi connectivity index (χ2n) is 9.30. The first kappa shape index (κ1) is 30.1. The van der Waals surface area contributed by atoms with Crippen LogP contribution in [-0.2, 0) is 6.54 Å². The molecule has 4 rings (SSSR count). The molecule has 2 N–H and O–H groups in total. The molecule has 1 fully saturated rings. The van der Waals surface area contributed by atoms with E-state index in [0.29, 0.717) is 5.56 Å². The number of hydrogen-bond donors (Lipinski definition) is 2. The first-order valence-corrected chi connectivity index (χ1v) is 13.4. The number of rotatable bonds is 9. The van der Waals surface area contributed by atoms with Gasteiger partial charge in [-0.25, -0.2) is 0 Å². The molecule has 2 aromatic carbocycles. The van der Waals surface area contributed by atoms with Gasteiger partial charge in [-0.05, 0) is 55.6 Å². The van der Waals surface area contributed by atoms with Gasteiger partial charge in [-0.15, -0.1) is 18.0 Å². The quantitative estimate of drug-likeness (QED) is 0.160. The van der Waals surface area contributed by atoms with Crippen LogP contribution in [-0.4, -0.2) is 78.7 Å². The van der Waals surface area contributed by atoms with Crippen LogP contribution < -0.4 is 62.0 Å². The second-order valence-corrected chi connectivity index (χ2v) is 10.2. The van der Waals surface area contributed by atoms with Crippen LogP contribution >= 0.6 is 11.8 Å². The van der Waals surface area contributed by atoms with Crippen LogP contribution in [0.4, 0.5) is 5.69 Å². The minimum Gasteiger partial charge on any atom is -0.560 e. The van der Waals surface area contributed by atoms with Crippen LogP contribution in [0.5, 0.6) is 0 Å². The summed E-state index contributed by atoms with van der Waals surface area (Å²) in [5.74, 6) is -0.102. The molecule has 2 heterocycles. The Bertz CT molecular complexity index is 1170. The van der Waals surface area contributed by atoms with Gasteiger partial charge in [-0.1, -0.05) is 18.2 Å². The first-order chi connectivity index (χ1) is 17.4. The van der Waals surface area contributed by atoms with E-state index in [9.17, 15) is 4.79 Å². The van der Waals surface area contributed by atoms with E-state index in [1.807, 2.05) is 67.7 Å². The Morgan fingerprint density at radius 2 is 2.00 bits per heavy atom. The number of thioether (sulfide) groups is 1. The molecule has 2 aromatic rings. The van der Waals surface area contributed by atoms with Crippen LogP contribution in [0.2, 0.25) is 0 Å². The SMILES string of the molecule is CSc1cc(C(=O)Nc2cccc(C(C)N[C-]=CN=C3C=[N+](C)[CH-]3)c2)ccc1CN1CCN(C)CC1.[K+]. The average Bonchev–Trinajstić information content (AvgIpc) is 2.86. The van der Waals surface area contributed by atoms with Gasteiger partial charge in [-0.3, -0.25) is 9.69 Å². The Morgan fingerprint density at radius 1 is 1.24 bits per heavy atom. The molecular weight excluding hydrogens is 508 g/mol. The standard InChI is InChI=1S/C28H35N6OS.K/c1-21(29-10-11-30-26-19-33(3)20-26)22-6-5-7-25(16-22)31-28(35)23-8-9-24(27(17-23)36-4)18-34-14-12-32(2)13-15-34;/h5-9,11,16-17,19-21,29H,12-15,18H2,1-4H3,(H,31,35);/q-1;+1. The molecule has 2 aliphatic rings. The van der Waals surface area contributed by atoms with Gasteiger partial charge in [0.25, 0.3) is 5.91 Å². The minimum absolute atomic E-state index is 0. The largest absolute Gasteiger partial charge is 1.00 e. The van der Waals surface area contributed by atoms with Crippen LogP contribution in [0.1, 0.15) is 34.5 Å². The molecule has 1 unspecified atom stereocenters. The Morgan fingerprint density at radius 3 is 2.70 bits per heavy atom. The van der Waals surface area contributed by atoms with Gasteiger partial charge in [0, 0.05) is 54.9 Å². The maximum absolute atomic E-state index is 13.0. The summed E-state index contributed by atoms with van der Waals surface area (Å²) in [6.45, 7) is 9.26. The number of amides is 1. The predicted octanol–water partition coefficient (Wildman–Crippen LogP) is 0.667. The molecule has 9 heteroatoms. The summed E-state index contributed by atoms with van der Waals surface area (Å²) >= 11 is 1.69. The molecule has 1 atom stereocenters. The van der Waals surface area contributed by atoms with E-state index in [1.54, 1.807) is 18.0 Å². The monoisotopic (exact) mass is 542 g/mol. The summed E-state index contributed by atoms with van der Waals surface area (Å²) in [4.78, 5) is 23.3. The summed E-state index contributed by atoms with van der Waals surface area (Å²) < 4.78 is 1.95. The van der Waals surface area contributed by atoms with Crippen molar-refractivity contribution in [3.05, 3.63) is 78.1 Å². The van der Waals surface area contributed by atoms with Crippen molar-refractivity contribution in [3.8, 4) is 0 Å². The number of nitrogens with one attached hydrogen (secondary N) is 2. The van der Waals surface area contributed by atoms with Crippen LogP contribution in [0, 0.1) is 12.7 Å². The van der Waals surface area contributed by atoms with E-state index in [0.717, 1.165) is 54.6 Å². The van der Waals surface area contributed by atoms with E-state index in [4.69, 9.17) is 0 Å². The smallest absolute Gasteiger partial charge is 0.560 e. The number of carbonyl (C=O) groups excluding carboxylic acids is 1. The summed E-state index contributed by atoms with van der Waals surface area (Å²) in [6, 6.07) is 13.9. The van der Waals surface area contributed by atoms with E-state index >= 15 is 0 Å². The number of anilines is 1. The van der Waals surface area contributed by atoms with Crippen molar-refractivity contribution in [1.82, 2.24) is 15.1 Å². The number of likely N-dealkylation sites (N-methyl/N-ethyl adjacent to an activating group) is 1. The van der Waals surface area contributed by atoms with E-state index in [-0.39, 0.29) is 63.3 Å². The Balaban J connectivity index is 0.00000380. The molecule has 37 heavy (non-hydrogen) atoms. The number of nitrogens with zero attached hydrogens (tertiary/aromatic N) is 4. The van der Waals surface area contributed by atoms with Gasteiger partial charge in [0.05, 0.1) is 18.5 Å². The average molecular weight is 543 g/mol. The van der Waals surface area contributed by atoms with Gasteiger partial charge in [0.15, 0.2) is 0 Å². The normalized spacial score (nSPS) is 17.9. The zero-order chi connectivity index (χ0) is 25.5. The molecule has 0 spiro atoms. The van der Waals surface area contributed by atoms with Crippen molar-refractivity contribution in [3.63, 3.8) is 0 Å². The number of carbonyl (C=O) groups is 1. The fourth-order valence-electron chi connectivity index (χ4n) is 4.18. The maximum Gasteiger partial charge on any atom is 1.00 e. The third-order valence-electron chi connectivity index (χ3n) is 6.43. The Kier molecular flexibility index (Phi) is 11.9. The van der Waals surface area contributed by atoms with Crippen molar-refractivity contribution < 1.29 is 60.8 Å². The van der Waals surface area contributed by atoms with Gasteiger partial charge < -0.3 is 31.3 Å². The van der Waals surface area contributed by atoms with E-state index in [1.165, 1.54) is 5.56 Å². The second kappa shape index (κ2) is 14.6. The Hall–Kier alpha value is -1.43. The summed E-state index contributed by atoms with van der Waals surface area (Å²) in [5, 5.41) is 6.26. The summed E-state index contributed by atoms with van der Waals surface area (Å²) in [5.41, 5.74) is 4.68. The fourth-order valence-corrected chi connectivity index (χ4v) is 4.82. The molecule has 2 aliphatic heterocycles. The minimum atomic E-state index is -0.102. The van der Waals surface area contributed by atoms with Crippen molar-refractivity contribution in [2.24, 2.45) is 4.99 Å². The third kappa shape index (κ3) is 8.79. The fraction of sp³-hybridized carbons (Fsp3) is 0.357. The van der Waals surface area contributed by atoms with Crippen LogP contribution in [0.3, 0.4) is 0 Å². The summed E-state index contributed by atoms with van der Waals surface area (Å²) in [6.07, 6.45) is 8.66. The predicted molar refractivity (Wildman–Crippen MR) is 149 cm³/mol. The zero-order valence-corrected chi connectivity index (χ0v) is 26.4. The third-order valence-corrected chi connectivity index (χ3v) is 7.25. The van der Waals surface area contributed by atoms with Gasteiger partial charge in [0.2, 0.25) is 0 Å². The number of benzene rings is 2. The molecule has 1 amide bonds. The molecule has 0 aliphatic carbocycles. The van der Waals surface area contributed by atoms with Gasteiger partial charge >= 0.3 is 51.4 Å². The molecule has 7 nitrogen and oxygen atoms in total. The number of hydrogen-bond acceptors (Lipinski definition) is 6.